The molecule has 4 nitrogen and oxygen atoms in total. The zero-order valence-electron chi connectivity index (χ0n) is 8.16. The molecule has 14 heavy (non-hydrogen) atoms. The molecular formula is C9H13BrN2O2. The van der Waals surface area contributed by atoms with Gasteiger partial charge in [0.25, 0.3) is 0 Å². The van der Waals surface area contributed by atoms with Crippen LogP contribution >= 0.6 is 15.9 Å². The number of hydrogen-bond donors (Lipinski definition) is 1. The highest BCUT2D eigenvalue weighted by Crippen LogP contribution is 2.13. The Morgan fingerprint density at radius 2 is 2.14 bits per heavy atom. The Balaban J connectivity index is 2.44. The molecule has 1 N–H and O–H groups in total. The topological polar surface area (TPSA) is 43.4 Å². The predicted octanol–water partition coefficient (Wildman–Crippen LogP) is 1.87. The van der Waals surface area contributed by atoms with Crippen molar-refractivity contribution in [3.63, 3.8) is 0 Å². The van der Waals surface area contributed by atoms with Crippen LogP contribution in [0.2, 0.25) is 0 Å². The normalized spacial score (nSPS) is 10.6. The van der Waals surface area contributed by atoms with Gasteiger partial charge in [0, 0.05) is 24.9 Å². The molecule has 5 heteroatoms. The van der Waals surface area contributed by atoms with E-state index >= 15 is 0 Å². The van der Waals surface area contributed by atoms with Crippen molar-refractivity contribution in [2.24, 2.45) is 0 Å². The van der Waals surface area contributed by atoms with Gasteiger partial charge in [0.1, 0.15) is 0 Å². The molecule has 1 aromatic rings. The van der Waals surface area contributed by atoms with Gasteiger partial charge in [-0.15, -0.1) is 0 Å². The van der Waals surface area contributed by atoms with Crippen molar-refractivity contribution in [1.29, 1.82) is 0 Å². The van der Waals surface area contributed by atoms with E-state index in [1.54, 1.807) is 26.6 Å². The first-order valence-corrected chi connectivity index (χ1v) is 4.95. The van der Waals surface area contributed by atoms with E-state index in [2.05, 4.69) is 26.2 Å². The van der Waals surface area contributed by atoms with E-state index in [1.807, 2.05) is 6.07 Å². The molecule has 0 bridgehead atoms. The van der Waals surface area contributed by atoms with Gasteiger partial charge in [0.15, 0.2) is 6.29 Å². The van der Waals surface area contributed by atoms with Gasteiger partial charge in [0.05, 0.1) is 18.4 Å². The number of nitrogens with zero attached hydrogens (tertiary/aromatic N) is 1. The second-order valence-corrected chi connectivity index (χ2v) is 3.59. The Kier molecular flexibility index (Phi) is 4.86. The minimum Gasteiger partial charge on any atom is -0.379 e. The Morgan fingerprint density at radius 1 is 1.43 bits per heavy atom. The number of anilines is 1. The summed E-state index contributed by atoms with van der Waals surface area (Å²) in [6.07, 6.45) is 3.23. The average molecular weight is 261 g/mol. The van der Waals surface area contributed by atoms with Gasteiger partial charge in [-0.25, -0.2) is 0 Å². The van der Waals surface area contributed by atoms with Crippen LogP contribution < -0.4 is 5.32 Å². The molecule has 1 aromatic heterocycles. The van der Waals surface area contributed by atoms with Crippen molar-refractivity contribution in [2.75, 3.05) is 26.1 Å². The van der Waals surface area contributed by atoms with E-state index < -0.39 is 0 Å². The minimum atomic E-state index is -0.242. The summed E-state index contributed by atoms with van der Waals surface area (Å²) in [4.78, 5) is 4.02. The molecule has 0 fully saturated rings. The third kappa shape index (κ3) is 3.61. The first kappa shape index (κ1) is 11.4. The lowest BCUT2D eigenvalue weighted by Gasteiger charge is -2.14. The lowest BCUT2D eigenvalue weighted by molar-refractivity contribution is -0.0914. The molecule has 0 aliphatic rings. The van der Waals surface area contributed by atoms with Gasteiger partial charge in [0.2, 0.25) is 0 Å². The Bertz CT molecular complexity index is 279. The summed E-state index contributed by atoms with van der Waals surface area (Å²) in [7, 11) is 3.21. The first-order chi connectivity index (χ1) is 6.76. The number of hydrogen-bond acceptors (Lipinski definition) is 4. The molecule has 0 amide bonds. The van der Waals surface area contributed by atoms with Crippen LogP contribution in [0.15, 0.2) is 22.9 Å². The molecule has 0 aliphatic carbocycles. The molecular weight excluding hydrogens is 248 g/mol. The van der Waals surface area contributed by atoms with Crippen molar-refractivity contribution in [3.8, 4) is 0 Å². The maximum Gasteiger partial charge on any atom is 0.173 e. The molecule has 0 atom stereocenters. The summed E-state index contributed by atoms with van der Waals surface area (Å²) >= 11 is 3.34. The highest BCUT2D eigenvalue weighted by molar-refractivity contribution is 9.10. The molecule has 0 aliphatic heterocycles. The largest absolute Gasteiger partial charge is 0.379 e. The van der Waals surface area contributed by atoms with Crippen LogP contribution in [0, 0.1) is 0 Å². The smallest absolute Gasteiger partial charge is 0.173 e. The summed E-state index contributed by atoms with van der Waals surface area (Å²) in [5, 5.41) is 3.14. The number of halogens is 1. The van der Waals surface area contributed by atoms with Crippen LogP contribution in [0.25, 0.3) is 0 Å². The van der Waals surface area contributed by atoms with Gasteiger partial charge in [-0.3, -0.25) is 4.98 Å². The molecule has 78 valence electrons. The van der Waals surface area contributed by atoms with E-state index in [0.29, 0.717) is 6.54 Å². The Hall–Kier alpha value is -0.650. The fourth-order valence-corrected chi connectivity index (χ4v) is 1.34. The highest BCUT2D eigenvalue weighted by Gasteiger charge is 2.03. The molecule has 0 saturated heterocycles. The number of ether oxygens (including phenoxy) is 2. The third-order valence-corrected chi connectivity index (χ3v) is 2.14. The molecule has 0 spiro atoms. The maximum atomic E-state index is 5.03. The van der Waals surface area contributed by atoms with Crippen LogP contribution in [0.3, 0.4) is 0 Å². The Labute approximate surface area is 91.8 Å². The average Bonchev–Trinajstić information content (AvgIpc) is 2.19. The molecule has 0 aromatic carbocycles. The van der Waals surface area contributed by atoms with Crippen LogP contribution in [-0.4, -0.2) is 32.0 Å². The summed E-state index contributed by atoms with van der Waals surface area (Å²) in [6.45, 7) is 0.588. The van der Waals surface area contributed by atoms with Gasteiger partial charge in [-0.05, 0) is 22.0 Å². The molecule has 1 heterocycles. The van der Waals surface area contributed by atoms with E-state index in [9.17, 15) is 0 Å². The van der Waals surface area contributed by atoms with Crippen LogP contribution in [0.5, 0.6) is 0 Å². The first-order valence-electron chi connectivity index (χ1n) is 4.16. The second kappa shape index (κ2) is 5.95. The van der Waals surface area contributed by atoms with Crippen molar-refractivity contribution in [3.05, 3.63) is 22.9 Å². The molecule has 0 radical (unpaired) electrons. The standard InChI is InChI=1S/C9H13BrN2O2/c1-13-9(14-2)6-12-8-3-7(10)4-11-5-8/h3-5,9,12H,6H2,1-2H3. The number of nitrogens with one attached hydrogen (secondary N) is 1. The number of rotatable bonds is 5. The van der Waals surface area contributed by atoms with E-state index in [-0.39, 0.29) is 6.29 Å². The lowest BCUT2D eigenvalue weighted by atomic mass is 10.4. The third-order valence-electron chi connectivity index (χ3n) is 1.70. The monoisotopic (exact) mass is 260 g/mol. The van der Waals surface area contributed by atoms with Crippen LogP contribution in [0.4, 0.5) is 5.69 Å². The van der Waals surface area contributed by atoms with E-state index in [1.165, 1.54) is 0 Å². The number of pyridine rings is 1. The molecule has 0 saturated carbocycles. The maximum absolute atomic E-state index is 5.03. The van der Waals surface area contributed by atoms with Gasteiger partial charge >= 0.3 is 0 Å². The molecule has 1 rings (SSSR count). The summed E-state index contributed by atoms with van der Waals surface area (Å²) in [5.74, 6) is 0. The minimum absolute atomic E-state index is 0.242. The number of aromatic nitrogens is 1. The van der Waals surface area contributed by atoms with Gasteiger partial charge < -0.3 is 14.8 Å². The van der Waals surface area contributed by atoms with Crippen molar-refractivity contribution >= 4 is 21.6 Å². The van der Waals surface area contributed by atoms with Crippen LogP contribution in [-0.2, 0) is 9.47 Å². The fourth-order valence-electron chi connectivity index (χ4n) is 0.973. The molecule has 0 unspecified atom stereocenters. The SMILES string of the molecule is COC(CNc1cncc(Br)c1)OC. The van der Waals surface area contributed by atoms with E-state index in [0.717, 1.165) is 10.2 Å². The van der Waals surface area contributed by atoms with Crippen LogP contribution in [0.1, 0.15) is 0 Å². The van der Waals surface area contributed by atoms with Gasteiger partial charge in [-0.1, -0.05) is 0 Å². The zero-order chi connectivity index (χ0) is 10.4. The van der Waals surface area contributed by atoms with Gasteiger partial charge in [-0.2, -0.15) is 0 Å². The predicted molar refractivity (Wildman–Crippen MR) is 58.2 cm³/mol. The highest BCUT2D eigenvalue weighted by atomic mass is 79.9. The summed E-state index contributed by atoms with van der Waals surface area (Å²) in [5.41, 5.74) is 0.929. The van der Waals surface area contributed by atoms with Crippen molar-refractivity contribution in [1.82, 2.24) is 4.98 Å². The summed E-state index contributed by atoms with van der Waals surface area (Å²) < 4.78 is 11.0. The quantitative estimate of drug-likeness (QED) is 0.822. The fraction of sp³-hybridized carbons (Fsp3) is 0.444. The Morgan fingerprint density at radius 3 is 2.71 bits per heavy atom. The van der Waals surface area contributed by atoms with Crippen molar-refractivity contribution in [2.45, 2.75) is 6.29 Å². The summed E-state index contributed by atoms with van der Waals surface area (Å²) in [6, 6.07) is 1.94. The lowest BCUT2D eigenvalue weighted by Crippen LogP contribution is -2.23. The number of methoxy groups -OCH3 is 2. The van der Waals surface area contributed by atoms with Crippen molar-refractivity contribution < 1.29 is 9.47 Å². The second-order valence-electron chi connectivity index (χ2n) is 2.67. The van der Waals surface area contributed by atoms with E-state index in [4.69, 9.17) is 9.47 Å². The zero-order valence-corrected chi connectivity index (χ0v) is 9.74.